The number of hydrogen-bond acceptors (Lipinski definition) is 2. The molecule has 0 spiro atoms. The number of para-hydroxylation sites is 2. The van der Waals surface area contributed by atoms with Crippen LogP contribution in [-0.2, 0) is 12.6 Å². The topological polar surface area (TPSA) is 43.8 Å². The SMILES string of the molecule is CC1CCCC(N)(c2nc3ccccc3n2C)C1. The summed E-state index contributed by atoms with van der Waals surface area (Å²) in [7, 11) is 2.08. The van der Waals surface area contributed by atoms with E-state index in [-0.39, 0.29) is 5.54 Å². The van der Waals surface area contributed by atoms with Crippen molar-refractivity contribution in [1.29, 1.82) is 0 Å². The minimum absolute atomic E-state index is 0.245. The molecule has 2 unspecified atom stereocenters. The summed E-state index contributed by atoms with van der Waals surface area (Å²) >= 11 is 0. The molecule has 3 heteroatoms. The molecular formula is C15H21N3. The number of fused-ring (bicyclic) bond motifs is 1. The molecule has 1 fully saturated rings. The van der Waals surface area contributed by atoms with Gasteiger partial charge in [0.1, 0.15) is 5.82 Å². The van der Waals surface area contributed by atoms with E-state index in [0.29, 0.717) is 5.92 Å². The van der Waals surface area contributed by atoms with Crippen LogP contribution in [0.5, 0.6) is 0 Å². The Morgan fingerprint density at radius 3 is 2.89 bits per heavy atom. The predicted molar refractivity (Wildman–Crippen MR) is 74.2 cm³/mol. The number of benzene rings is 1. The molecule has 1 saturated carbocycles. The van der Waals surface area contributed by atoms with Gasteiger partial charge in [0.25, 0.3) is 0 Å². The summed E-state index contributed by atoms with van der Waals surface area (Å²) in [6.07, 6.45) is 4.60. The van der Waals surface area contributed by atoms with Gasteiger partial charge >= 0.3 is 0 Å². The fourth-order valence-corrected chi connectivity index (χ4v) is 3.39. The zero-order chi connectivity index (χ0) is 12.8. The fraction of sp³-hybridized carbons (Fsp3) is 0.533. The highest BCUT2D eigenvalue weighted by atomic mass is 15.1. The molecule has 1 heterocycles. The quantitative estimate of drug-likeness (QED) is 0.837. The monoisotopic (exact) mass is 243 g/mol. The molecule has 3 rings (SSSR count). The Bertz CT molecular complexity index is 572. The second kappa shape index (κ2) is 4.09. The van der Waals surface area contributed by atoms with E-state index < -0.39 is 0 Å². The molecule has 0 saturated heterocycles. The second-order valence-corrected chi connectivity index (χ2v) is 5.84. The van der Waals surface area contributed by atoms with E-state index in [2.05, 4.69) is 36.7 Å². The number of imidazole rings is 1. The van der Waals surface area contributed by atoms with Crippen LogP contribution in [0.2, 0.25) is 0 Å². The predicted octanol–water partition coefficient (Wildman–Crippen LogP) is 2.94. The van der Waals surface area contributed by atoms with Gasteiger partial charge in [-0.15, -0.1) is 0 Å². The lowest BCUT2D eigenvalue weighted by Gasteiger charge is -2.36. The molecule has 0 amide bonds. The smallest absolute Gasteiger partial charge is 0.129 e. The van der Waals surface area contributed by atoms with E-state index in [9.17, 15) is 0 Å². The maximum atomic E-state index is 6.65. The molecule has 0 bridgehead atoms. The summed E-state index contributed by atoms with van der Waals surface area (Å²) in [6, 6.07) is 8.27. The highest BCUT2D eigenvalue weighted by Crippen LogP contribution is 2.38. The summed E-state index contributed by atoms with van der Waals surface area (Å²) < 4.78 is 2.17. The molecule has 1 aliphatic carbocycles. The van der Waals surface area contributed by atoms with Gasteiger partial charge in [-0.05, 0) is 30.9 Å². The summed E-state index contributed by atoms with van der Waals surface area (Å²) in [6.45, 7) is 2.30. The van der Waals surface area contributed by atoms with Gasteiger partial charge in [0.2, 0.25) is 0 Å². The van der Waals surface area contributed by atoms with Gasteiger partial charge in [-0.3, -0.25) is 0 Å². The van der Waals surface area contributed by atoms with Crippen molar-refractivity contribution in [2.75, 3.05) is 0 Å². The van der Waals surface area contributed by atoms with Crippen LogP contribution < -0.4 is 5.73 Å². The Hall–Kier alpha value is -1.35. The molecule has 2 aromatic rings. The van der Waals surface area contributed by atoms with Crippen molar-refractivity contribution >= 4 is 11.0 Å². The molecule has 1 aromatic carbocycles. The molecule has 0 radical (unpaired) electrons. The average Bonchev–Trinajstić information content (AvgIpc) is 2.68. The fourth-order valence-electron chi connectivity index (χ4n) is 3.39. The number of aromatic nitrogens is 2. The molecule has 1 aliphatic rings. The first-order valence-corrected chi connectivity index (χ1v) is 6.81. The molecule has 18 heavy (non-hydrogen) atoms. The van der Waals surface area contributed by atoms with Gasteiger partial charge in [0.05, 0.1) is 16.6 Å². The summed E-state index contributed by atoms with van der Waals surface area (Å²) in [5.74, 6) is 1.75. The lowest BCUT2D eigenvalue weighted by atomic mass is 9.76. The zero-order valence-electron chi connectivity index (χ0n) is 11.2. The Morgan fingerprint density at radius 2 is 2.17 bits per heavy atom. The van der Waals surface area contributed by atoms with Crippen LogP contribution in [0.4, 0.5) is 0 Å². The van der Waals surface area contributed by atoms with Crippen molar-refractivity contribution in [1.82, 2.24) is 9.55 Å². The van der Waals surface area contributed by atoms with Gasteiger partial charge in [-0.2, -0.15) is 0 Å². The van der Waals surface area contributed by atoms with Crippen molar-refractivity contribution in [3.05, 3.63) is 30.1 Å². The van der Waals surface area contributed by atoms with Crippen LogP contribution in [-0.4, -0.2) is 9.55 Å². The van der Waals surface area contributed by atoms with E-state index >= 15 is 0 Å². The first kappa shape index (κ1) is 11.7. The Labute approximate surface area is 108 Å². The Kier molecular flexibility index (Phi) is 2.67. The normalized spacial score (nSPS) is 28.7. The number of hydrogen-bond donors (Lipinski definition) is 1. The first-order chi connectivity index (χ1) is 8.60. The van der Waals surface area contributed by atoms with E-state index in [1.54, 1.807) is 0 Å². The van der Waals surface area contributed by atoms with Crippen LogP contribution in [0.1, 0.15) is 38.4 Å². The highest BCUT2D eigenvalue weighted by Gasteiger charge is 2.36. The summed E-state index contributed by atoms with van der Waals surface area (Å²) in [4.78, 5) is 4.78. The third-order valence-electron chi connectivity index (χ3n) is 4.26. The zero-order valence-corrected chi connectivity index (χ0v) is 11.2. The molecule has 2 atom stereocenters. The lowest BCUT2D eigenvalue weighted by molar-refractivity contribution is 0.225. The molecular weight excluding hydrogens is 222 g/mol. The largest absolute Gasteiger partial charge is 0.330 e. The van der Waals surface area contributed by atoms with Crippen LogP contribution >= 0.6 is 0 Å². The van der Waals surface area contributed by atoms with Crippen molar-refractivity contribution in [3.63, 3.8) is 0 Å². The maximum Gasteiger partial charge on any atom is 0.129 e. The minimum atomic E-state index is -0.245. The van der Waals surface area contributed by atoms with E-state index in [1.165, 1.54) is 18.4 Å². The van der Waals surface area contributed by atoms with Gasteiger partial charge in [-0.25, -0.2) is 4.98 Å². The summed E-state index contributed by atoms with van der Waals surface area (Å²) in [5.41, 5.74) is 8.64. The standard InChI is InChI=1S/C15H21N3/c1-11-6-5-9-15(16,10-11)14-17-12-7-3-4-8-13(12)18(14)2/h3-4,7-8,11H,5-6,9-10,16H2,1-2H3. The Morgan fingerprint density at radius 1 is 1.39 bits per heavy atom. The Balaban J connectivity index is 2.10. The van der Waals surface area contributed by atoms with E-state index in [1.807, 2.05) is 6.07 Å². The van der Waals surface area contributed by atoms with Crippen LogP contribution in [0.15, 0.2) is 24.3 Å². The molecule has 1 aromatic heterocycles. The number of aryl methyl sites for hydroxylation is 1. The molecule has 2 N–H and O–H groups in total. The second-order valence-electron chi connectivity index (χ2n) is 5.84. The van der Waals surface area contributed by atoms with Crippen molar-refractivity contribution in [3.8, 4) is 0 Å². The third-order valence-corrected chi connectivity index (χ3v) is 4.26. The molecule has 96 valence electrons. The third kappa shape index (κ3) is 1.74. The number of rotatable bonds is 1. The van der Waals surface area contributed by atoms with Gasteiger partial charge in [0.15, 0.2) is 0 Å². The van der Waals surface area contributed by atoms with Crippen molar-refractivity contribution in [2.24, 2.45) is 18.7 Å². The molecule has 3 nitrogen and oxygen atoms in total. The maximum absolute atomic E-state index is 6.65. The molecule has 0 aliphatic heterocycles. The first-order valence-electron chi connectivity index (χ1n) is 6.81. The van der Waals surface area contributed by atoms with Gasteiger partial charge in [-0.1, -0.05) is 31.9 Å². The van der Waals surface area contributed by atoms with E-state index in [0.717, 1.165) is 24.2 Å². The lowest BCUT2D eigenvalue weighted by Crippen LogP contribution is -2.43. The average molecular weight is 243 g/mol. The minimum Gasteiger partial charge on any atom is -0.330 e. The van der Waals surface area contributed by atoms with Gasteiger partial charge < -0.3 is 10.3 Å². The van der Waals surface area contributed by atoms with Crippen molar-refractivity contribution in [2.45, 2.75) is 38.1 Å². The van der Waals surface area contributed by atoms with E-state index in [4.69, 9.17) is 10.7 Å². The van der Waals surface area contributed by atoms with Crippen LogP contribution in [0.25, 0.3) is 11.0 Å². The summed E-state index contributed by atoms with van der Waals surface area (Å²) in [5, 5.41) is 0. The van der Waals surface area contributed by atoms with Gasteiger partial charge in [0, 0.05) is 7.05 Å². The van der Waals surface area contributed by atoms with Crippen LogP contribution in [0.3, 0.4) is 0 Å². The highest BCUT2D eigenvalue weighted by molar-refractivity contribution is 5.76. The van der Waals surface area contributed by atoms with Crippen LogP contribution in [0, 0.1) is 5.92 Å². The number of nitrogens with two attached hydrogens (primary N) is 1. The number of nitrogens with zero attached hydrogens (tertiary/aromatic N) is 2. The van der Waals surface area contributed by atoms with Crippen molar-refractivity contribution < 1.29 is 0 Å².